The highest BCUT2D eigenvalue weighted by Crippen LogP contribution is 2.19. The molecule has 0 radical (unpaired) electrons. The van der Waals surface area contributed by atoms with Crippen molar-refractivity contribution in [3.05, 3.63) is 83.4 Å². The van der Waals surface area contributed by atoms with E-state index in [0.717, 1.165) is 18.4 Å². The van der Waals surface area contributed by atoms with Gasteiger partial charge in [-0.05, 0) is 44.4 Å². The Hall–Kier alpha value is -2.35. The second-order valence-corrected chi connectivity index (χ2v) is 5.66. The Balaban J connectivity index is 2.10. The lowest BCUT2D eigenvalue weighted by molar-refractivity contribution is 0.0935. The molecule has 22 heavy (non-hydrogen) atoms. The van der Waals surface area contributed by atoms with Crippen LogP contribution in [0.4, 0.5) is 0 Å². The molecule has 2 aromatic carbocycles. The van der Waals surface area contributed by atoms with Gasteiger partial charge in [-0.1, -0.05) is 60.2 Å². The van der Waals surface area contributed by atoms with Gasteiger partial charge in [-0.3, -0.25) is 4.79 Å². The van der Waals surface area contributed by atoms with Gasteiger partial charge in [-0.2, -0.15) is 0 Å². The van der Waals surface area contributed by atoms with Gasteiger partial charge in [0, 0.05) is 5.56 Å². The first-order valence-electron chi connectivity index (χ1n) is 7.71. The van der Waals surface area contributed by atoms with Gasteiger partial charge in [-0.15, -0.1) is 0 Å². The summed E-state index contributed by atoms with van der Waals surface area (Å²) in [6.07, 6.45) is 4.06. The number of carbonyl (C=O) groups excluding carboxylic acids is 1. The summed E-state index contributed by atoms with van der Waals surface area (Å²) in [5.74, 6) is -0.0216. The maximum atomic E-state index is 12.4. The molecule has 1 N–H and O–H groups in total. The first-order valence-corrected chi connectivity index (χ1v) is 7.71. The third kappa shape index (κ3) is 4.88. The molecule has 1 unspecified atom stereocenters. The molecule has 0 aliphatic carbocycles. The zero-order valence-electron chi connectivity index (χ0n) is 13.3. The highest BCUT2D eigenvalue weighted by atomic mass is 16.1. The lowest BCUT2D eigenvalue weighted by Gasteiger charge is -2.19. The van der Waals surface area contributed by atoms with E-state index in [1.54, 1.807) is 0 Å². The molecule has 1 amide bonds. The highest BCUT2D eigenvalue weighted by molar-refractivity contribution is 5.94. The van der Waals surface area contributed by atoms with Crippen LogP contribution in [0.25, 0.3) is 0 Å². The van der Waals surface area contributed by atoms with Gasteiger partial charge in [-0.25, -0.2) is 0 Å². The van der Waals surface area contributed by atoms with E-state index in [1.165, 1.54) is 5.57 Å². The molecule has 0 bridgehead atoms. The van der Waals surface area contributed by atoms with Crippen LogP contribution in [0.5, 0.6) is 0 Å². The van der Waals surface area contributed by atoms with Crippen molar-refractivity contribution in [3.8, 4) is 0 Å². The molecule has 2 heteroatoms. The van der Waals surface area contributed by atoms with E-state index < -0.39 is 0 Å². The van der Waals surface area contributed by atoms with E-state index in [2.05, 4.69) is 37.4 Å². The van der Waals surface area contributed by atoms with Gasteiger partial charge in [0.2, 0.25) is 0 Å². The summed E-state index contributed by atoms with van der Waals surface area (Å²) in [6.45, 7) is 4.19. The number of hydrogen-bond acceptors (Lipinski definition) is 1. The van der Waals surface area contributed by atoms with Crippen molar-refractivity contribution >= 4 is 5.91 Å². The van der Waals surface area contributed by atoms with Crippen LogP contribution in [0.1, 0.15) is 48.7 Å². The van der Waals surface area contributed by atoms with E-state index in [-0.39, 0.29) is 11.9 Å². The Morgan fingerprint density at radius 1 is 1.00 bits per heavy atom. The van der Waals surface area contributed by atoms with Crippen molar-refractivity contribution in [2.75, 3.05) is 0 Å². The highest BCUT2D eigenvalue weighted by Gasteiger charge is 2.14. The molecule has 0 spiro atoms. The molecular weight excluding hydrogens is 270 g/mol. The van der Waals surface area contributed by atoms with Crippen LogP contribution in [-0.2, 0) is 0 Å². The monoisotopic (exact) mass is 293 g/mol. The maximum Gasteiger partial charge on any atom is 0.251 e. The lowest BCUT2D eigenvalue weighted by atomic mass is 10.0. The van der Waals surface area contributed by atoms with Crippen LogP contribution >= 0.6 is 0 Å². The summed E-state index contributed by atoms with van der Waals surface area (Å²) < 4.78 is 0. The molecule has 1 atom stereocenters. The van der Waals surface area contributed by atoms with Crippen molar-refractivity contribution in [3.63, 3.8) is 0 Å². The van der Waals surface area contributed by atoms with Crippen LogP contribution in [0.15, 0.2) is 72.3 Å². The number of benzene rings is 2. The molecule has 114 valence electrons. The fourth-order valence-electron chi connectivity index (χ4n) is 2.38. The summed E-state index contributed by atoms with van der Waals surface area (Å²) in [4.78, 5) is 12.4. The molecule has 0 fully saturated rings. The first kappa shape index (κ1) is 16.0. The zero-order valence-corrected chi connectivity index (χ0v) is 13.3. The smallest absolute Gasteiger partial charge is 0.251 e. The van der Waals surface area contributed by atoms with Crippen molar-refractivity contribution in [1.29, 1.82) is 0 Å². The summed E-state index contributed by atoms with van der Waals surface area (Å²) in [7, 11) is 0. The van der Waals surface area contributed by atoms with Crippen LogP contribution in [0, 0.1) is 0 Å². The summed E-state index contributed by atoms with van der Waals surface area (Å²) in [5.41, 5.74) is 3.15. The summed E-state index contributed by atoms with van der Waals surface area (Å²) in [6, 6.07) is 19.6. The minimum absolute atomic E-state index is 0.0216. The summed E-state index contributed by atoms with van der Waals surface area (Å²) >= 11 is 0. The van der Waals surface area contributed by atoms with Gasteiger partial charge < -0.3 is 5.32 Å². The van der Waals surface area contributed by atoms with Gasteiger partial charge >= 0.3 is 0 Å². The van der Waals surface area contributed by atoms with E-state index in [0.29, 0.717) is 5.56 Å². The quantitative estimate of drug-likeness (QED) is 0.754. The third-order valence-electron chi connectivity index (χ3n) is 3.55. The molecule has 0 saturated heterocycles. The Morgan fingerprint density at radius 3 is 2.18 bits per heavy atom. The average molecular weight is 293 g/mol. The normalized spacial score (nSPS) is 11.5. The van der Waals surface area contributed by atoms with Crippen LogP contribution in [-0.4, -0.2) is 5.91 Å². The molecule has 0 aliphatic rings. The van der Waals surface area contributed by atoms with Crippen LogP contribution < -0.4 is 5.32 Å². The first-order chi connectivity index (χ1) is 10.7. The number of rotatable bonds is 6. The largest absolute Gasteiger partial charge is 0.345 e. The zero-order chi connectivity index (χ0) is 15.8. The van der Waals surface area contributed by atoms with E-state index >= 15 is 0 Å². The fourth-order valence-corrected chi connectivity index (χ4v) is 2.38. The second-order valence-electron chi connectivity index (χ2n) is 5.66. The molecule has 0 heterocycles. The maximum absolute atomic E-state index is 12.4. The Labute approximate surface area is 132 Å². The summed E-state index contributed by atoms with van der Waals surface area (Å²) in [5, 5.41) is 3.16. The minimum atomic E-state index is -0.0216. The predicted molar refractivity (Wildman–Crippen MR) is 91.8 cm³/mol. The van der Waals surface area contributed by atoms with Crippen molar-refractivity contribution < 1.29 is 4.79 Å². The standard InChI is InChI=1S/C20H23NO/c1-16(2)10-9-15-19(17-11-5-3-6-12-17)21-20(22)18-13-7-4-8-14-18/h3-8,10-14,19H,9,15H2,1-2H3,(H,21,22). The average Bonchev–Trinajstić information content (AvgIpc) is 2.55. The Kier molecular flexibility index (Phi) is 5.96. The molecular formula is C20H23NO. The second kappa shape index (κ2) is 8.18. The fraction of sp³-hybridized carbons (Fsp3) is 0.250. The van der Waals surface area contributed by atoms with Gasteiger partial charge in [0.15, 0.2) is 0 Å². The number of allylic oxidation sites excluding steroid dienone is 2. The van der Waals surface area contributed by atoms with Crippen molar-refractivity contribution in [2.45, 2.75) is 32.7 Å². The van der Waals surface area contributed by atoms with Gasteiger partial charge in [0.05, 0.1) is 6.04 Å². The molecule has 2 rings (SSSR count). The van der Waals surface area contributed by atoms with Gasteiger partial charge in [0.25, 0.3) is 5.91 Å². The number of hydrogen-bond donors (Lipinski definition) is 1. The van der Waals surface area contributed by atoms with Crippen LogP contribution in [0.2, 0.25) is 0 Å². The topological polar surface area (TPSA) is 29.1 Å². The number of nitrogens with one attached hydrogen (secondary N) is 1. The van der Waals surface area contributed by atoms with Crippen LogP contribution in [0.3, 0.4) is 0 Å². The third-order valence-corrected chi connectivity index (χ3v) is 3.55. The van der Waals surface area contributed by atoms with E-state index in [9.17, 15) is 4.79 Å². The lowest BCUT2D eigenvalue weighted by Crippen LogP contribution is -2.28. The Bertz CT molecular complexity index is 613. The molecule has 2 aromatic rings. The number of amides is 1. The molecule has 0 saturated carbocycles. The van der Waals surface area contributed by atoms with Crippen molar-refractivity contribution in [1.82, 2.24) is 5.32 Å². The van der Waals surface area contributed by atoms with E-state index in [4.69, 9.17) is 0 Å². The molecule has 0 aliphatic heterocycles. The molecule has 2 nitrogen and oxygen atoms in total. The van der Waals surface area contributed by atoms with Crippen molar-refractivity contribution in [2.24, 2.45) is 0 Å². The SMILES string of the molecule is CC(C)=CCCC(NC(=O)c1ccccc1)c1ccccc1. The number of carbonyl (C=O) groups is 1. The Morgan fingerprint density at radius 2 is 1.59 bits per heavy atom. The van der Waals surface area contributed by atoms with Gasteiger partial charge in [0.1, 0.15) is 0 Å². The molecule has 0 aromatic heterocycles. The minimum Gasteiger partial charge on any atom is -0.345 e. The predicted octanol–water partition coefficient (Wildman–Crippen LogP) is 4.90. The van der Waals surface area contributed by atoms with E-state index in [1.807, 2.05) is 48.5 Å².